The Morgan fingerprint density at radius 1 is 1.10 bits per heavy atom. The summed E-state index contributed by atoms with van der Waals surface area (Å²) in [6.45, 7) is 0.650. The van der Waals surface area contributed by atoms with Crippen molar-refractivity contribution in [3.8, 4) is 0 Å². The van der Waals surface area contributed by atoms with Crippen LogP contribution in [-0.4, -0.2) is 27.0 Å². The summed E-state index contributed by atoms with van der Waals surface area (Å²) < 4.78 is 0.892. The van der Waals surface area contributed by atoms with Gasteiger partial charge < -0.3 is 4.90 Å². The minimum atomic E-state index is 0.650. The molecular formula is C14H16BrN5. The Hall–Kier alpha value is -1.56. The van der Waals surface area contributed by atoms with Gasteiger partial charge in [-0.15, -0.1) is 0 Å². The maximum Gasteiger partial charge on any atom is 0.147 e. The number of aryl methyl sites for hydroxylation is 1. The Morgan fingerprint density at radius 3 is 2.65 bits per heavy atom. The molecule has 0 saturated carbocycles. The number of halogens is 1. The van der Waals surface area contributed by atoms with Crippen LogP contribution in [0.3, 0.4) is 0 Å². The highest BCUT2D eigenvalue weighted by Gasteiger charge is 2.18. The molecule has 20 heavy (non-hydrogen) atoms. The van der Waals surface area contributed by atoms with Gasteiger partial charge in [0, 0.05) is 30.7 Å². The average Bonchev–Trinajstić information content (AvgIpc) is 2.49. The molecular weight excluding hydrogens is 318 g/mol. The maximum absolute atomic E-state index is 4.46. The Bertz CT molecular complexity index is 599. The average molecular weight is 334 g/mol. The fourth-order valence-corrected chi connectivity index (χ4v) is 2.75. The van der Waals surface area contributed by atoms with E-state index in [1.165, 1.54) is 24.1 Å². The molecule has 1 aliphatic rings. The summed E-state index contributed by atoms with van der Waals surface area (Å²) in [6.07, 6.45) is 9.78. The van der Waals surface area contributed by atoms with Gasteiger partial charge in [-0.2, -0.15) is 0 Å². The van der Waals surface area contributed by atoms with E-state index < -0.39 is 0 Å². The van der Waals surface area contributed by atoms with E-state index in [-0.39, 0.29) is 0 Å². The molecule has 0 unspecified atom stereocenters. The second-order valence-corrected chi connectivity index (χ2v) is 5.92. The van der Waals surface area contributed by atoms with Gasteiger partial charge in [-0.1, -0.05) is 0 Å². The molecule has 0 N–H and O–H groups in total. The van der Waals surface area contributed by atoms with Crippen molar-refractivity contribution in [3.63, 3.8) is 0 Å². The van der Waals surface area contributed by atoms with E-state index in [0.717, 1.165) is 29.0 Å². The number of aromatic nitrogens is 4. The zero-order valence-electron chi connectivity index (χ0n) is 11.4. The molecule has 5 nitrogen and oxygen atoms in total. The molecule has 2 aromatic heterocycles. The number of nitrogens with zero attached hydrogens (tertiary/aromatic N) is 5. The van der Waals surface area contributed by atoms with Gasteiger partial charge in [0.2, 0.25) is 0 Å². The summed E-state index contributed by atoms with van der Waals surface area (Å²) >= 11 is 3.35. The summed E-state index contributed by atoms with van der Waals surface area (Å²) in [5.74, 6) is 1.81. The fraction of sp³-hybridized carbons (Fsp3) is 0.429. The first-order valence-electron chi connectivity index (χ1n) is 6.74. The van der Waals surface area contributed by atoms with Gasteiger partial charge in [0.15, 0.2) is 0 Å². The van der Waals surface area contributed by atoms with Crippen LogP contribution in [0.5, 0.6) is 0 Å². The lowest BCUT2D eigenvalue weighted by atomic mass is 9.96. The molecule has 0 amide bonds. The molecule has 2 aromatic rings. The predicted molar refractivity (Wildman–Crippen MR) is 80.5 cm³/mol. The van der Waals surface area contributed by atoms with Crippen LogP contribution in [0.2, 0.25) is 0 Å². The first-order valence-corrected chi connectivity index (χ1v) is 7.53. The molecule has 0 aromatic carbocycles. The normalized spacial score (nSPS) is 13.9. The standard InChI is InChI=1S/C14H16BrN5/c1-20(8-13-16-6-10(15)7-17-13)14-11-4-2-3-5-12(11)18-9-19-14/h6-7,9H,2-5,8H2,1H3. The van der Waals surface area contributed by atoms with Crippen molar-refractivity contribution in [1.29, 1.82) is 0 Å². The Labute approximate surface area is 126 Å². The van der Waals surface area contributed by atoms with E-state index >= 15 is 0 Å². The monoisotopic (exact) mass is 333 g/mol. The third-order valence-electron chi connectivity index (χ3n) is 3.52. The lowest BCUT2D eigenvalue weighted by Gasteiger charge is -2.23. The van der Waals surface area contributed by atoms with Crippen molar-refractivity contribution in [2.45, 2.75) is 32.2 Å². The van der Waals surface area contributed by atoms with E-state index in [0.29, 0.717) is 6.54 Å². The molecule has 3 rings (SSSR count). The Balaban J connectivity index is 1.83. The van der Waals surface area contributed by atoms with Crippen molar-refractivity contribution < 1.29 is 0 Å². The zero-order valence-corrected chi connectivity index (χ0v) is 13.0. The maximum atomic E-state index is 4.46. The molecule has 0 bridgehead atoms. The fourth-order valence-electron chi connectivity index (χ4n) is 2.54. The van der Waals surface area contributed by atoms with E-state index in [1.807, 2.05) is 7.05 Å². The summed E-state index contributed by atoms with van der Waals surface area (Å²) in [4.78, 5) is 19.6. The number of rotatable bonds is 3. The largest absolute Gasteiger partial charge is 0.352 e. The highest BCUT2D eigenvalue weighted by atomic mass is 79.9. The minimum Gasteiger partial charge on any atom is -0.352 e. The van der Waals surface area contributed by atoms with Crippen LogP contribution >= 0.6 is 15.9 Å². The third-order valence-corrected chi connectivity index (χ3v) is 3.93. The smallest absolute Gasteiger partial charge is 0.147 e. The van der Waals surface area contributed by atoms with Gasteiger partial charge in [-0.3, -0.25) is 0 Å². The first-order chi connectivity index (χ1) is 9.74. The van der Waals surface area contributed by atoms with Crippen molar-refractivity contribution >= 4 is 21.7 Å². The van der Waals surface area contributed by atoms with Gasteiger partial charge >= 0.3 is 0 Å². The third kappa shape index (κ3) is 2.80. The van der Waals surface area contributed by atoms with Crippen LogP contribution in [0.25, 0.3) is 0 Å². The van der Waals surface area contributed by atoms with Gasteiger partial charge in [-0.05, 0) is 41.6 Å². The highest BCUT2D eigenvalue weighted by molar-refractivity contribution is 9.10. The molecule has 0 saturated heterocycles. The van der Waals surface area contributed by atoms with Crippen LogP contribution < -0.4 is 4.90 Å². The summed E-state index contributed by atoms with van der Waals surface area (Å²) in [5, 5.41) is 0. The molecule has 104 valence electrons. The highest BCUT2D eigenvalue weighted by Crippen LogP contribution is 2.26. The number of fused-ring (bicyclic) bond motifs is 1. The second-order valence-electron chi connectivity index (χ2n) is 5.00. The van der Waals surface area contributed by atoms with Gasteiger partial charge in [-0.25, -0.2) is 19.9 Å². The van der Waals surface area contributed by atoms with Crippen molar-refractivity contribution in [2.24, 2.45) is 0 Å². The van der Waals surface area contributed by atoms with E-state index in [1.54, 1.807) is 18.7 Å². The number of anilines is 1. The SMILES string of the molecule is CN(Cc1ncc(Br)cn1)c1ncnc2c1CCCC2. The van der Waals surface area contributed by atoms with Crippen LogP contribution in [0.1, 0.15) is 29.9 Å². The quantitative estimate of drug-likeness (QED) is 0.863. The minimum absolute atomic E-state index is 0.650. The Kier molecular flexibility index (Phi) is 3.91. The molecule has 0 atom stereocenters. The second kappa shape index (κ2) is 5.83. The molecule has 0 aliphatic heterocycles. The van der Waals surface area contributed by atoms with Gasteiger partial charge in [0.25, 0.3) is 0 Å². The van der Waals surface area contributed by atoms with Crippen LogP contribution in [0.4, 0.5) is 5.82 Å². The summed E-state index contributed by atoms with van der Waals surface area (Å²) in [6, 6.07) is 0. The van der Waals surface area contributed by atoms with Crippen molar-refractivity contribution in [1.82, 2.24) is 19.9 Å². The Morgan fingerprint density at radius 2 is 1.85 bits per heavy atom. The molecule has 0 radical (unpaired) electrons. The van der Waals surface area contributed by atoms with Gasteiger partial charge in [0.05, 0.1) is 11.0 Å². The number of hydrogen-bond acceptors (Lipinski definition) is 5. The first kappa shape index (κ1) is 13.4. The molecule has 6 heteroatoms. The van der Waals surface area contributed by atoms with Crippen LogP contribution in [-0.2, 0) is 19.4 Å². The lowest BCUT2D eigenvalue weighted by molar-refractivity contribution is 0.656. The van der Waals surface area contributed by atoms with E-state index in [9.17, 15) is 0 Å². The van der Waals surface area contributed by atoms with E-state index in [4.69, 9.17) is 0 Å². The molecule has 0 fully saturated rings. The topological polar surface area (TPSA) is 54.8 Å². The zero-order chi connectivity index (χ0) is 13.9. The molecule has 2 heterocycles. The summed E-state index contributed by atoms with van der Waals surface area (Å²) in [7, 11) is 2.03. The molecule has 0 spiro atoms. The van der Waals surface area contributed by atoms with E-state index in [2.05, 4.69) is 40.8 Å². The van der Waals surface area contributed by atoms with Crippen LogP contribution in [0.15, 0.2) is 23.2 Å². The predicted octanol–water partition coefficient (Wildman–Crippen LogP) is 2.54. The van der Waals surface area contributed by atoms with Crippen LogP contribution in [0, 0.1) is 0 Å². The van der Waals surface area contributed by atoms with Crippen molar-refractivity contribution in [2.75, 3.05) is 11.9 Å². The summed E-state index contributed by atoms with van der Waals surface area (Å²) in [5.41, 5.74) is 2.49. The number of hydrogen-bond donors (Lipinski definition) is 0. The lowest BCUT2D eigenvalue weighted by Crippen LogP contribution is -2.23. The molecule has 1 aliphatic carbocycles. The van der Waals surface area contributed by atoms with Gasteiger partial charge in [0.1, 0.15) is 18.0 Å². The van der Waals surface area contributed by atoms with Crippen molar-refractivity contribution in [3.05, 3.63) is 40.3 Å².